The van der Waals surface area contributed by atoms with Gasteiger partial charge in [-0.3, -0.25) is 4.79 Å². The average Bonchev–Trinajstić information content (AvgIpc) is 2.96. The van der Waals surface area contributed by atoms with E-state index in [0.717, 1.165) is 17.5 Å². The monoisotopic (exact) mass is 314 g/mol. The summed E-state index contributed by atoms with van der Waals surface area (Å²) in [7, 11) is 0. The highest BCUT2D eigenvalue weighted by atomic mass is 19.1. The number of hydrogen-bond donors (Lipinski definition) is 0. The van der Waals surface area contributed by atoms with Crippen molar-refractivity contribution in [2.24, 2.45) is 0 Å². The highest BCUT2D eigenvalue weighted by Crippen LogP contribution is 2.23. The SMILES string of the molecule is CCCn1nc(C(C)C)c2cnn(-c3ccc(F)cc3)c2c1=O. The zero-order valence-electron chi connectivity index (χ0n) is 13.5. The molecular weight excluding hydrogens is 295 g/mol. The Morgan fingerprint density at radius 2 is 1.91 bits per heavy atom. The Balaban J connectivity index is 2.33. The largest absolute Gasteiger partial charge is 0.293 e. The van der Waals surface area contributed by atoms with Gasteiger partial charge in [-0.1, -0.05) is 20.8 Å². The molecule has 0 spiro atoms. The predicted molar refractivity (Wildman–Crippen MR) is 87.5 cm³/mol. The number of aryl methyl sites for hydroxylation is 1. The summed E-state index contributed by atoms with van der Waals surface area (Å²) < 4.78 is 16.2. The number of halogens is 1. The van der Waals surface area contributed by atoms with Gasteiger partial charge in [-0.15, -0.1) is 0 Å². The molecular formula is C17H19FN4O. The Morgan fingerprint density at radius 3 is 2.52 bits per heavy atom. The summed E-state index contributed by atoms with van der Waals surface area (Å²) in [5, 5.41) is 9.59. The van der Waals surface area contributed by atoms with Crippen LogP contribution < -0.4 is 5.56 Å². The highest BCUT2D eigenvalue weighted by Gasteiger charge is 2.18. The Bertz CT molecular complexity index is 893. The number of aromatic nitrogens is 4. The maximum atomic E-state index is 13.2. The maximum Gasteiger partial charge on any atom is 0.293 e. The van der Waals surface area contributed by atoms with E-state index in [0.29, 0.717) is 17.7 Å². The van der Waals surface area contributed by atoms with E-state index >= 15 is 0 Å². The van der Waals surface area contributed by atoms with Crippen molar-refractivity contribution in [3.8, 4) is 5.69 Å². The molecule has 0 aliphatic rings. The van der Waals surface area contributed by atoms with E-state index in [2.05, 4.69) is 10.2 Å². The van der Waals surface area contributed by atoms with Gasteiger partial charge in [0, 0.05) is 11.9 Å². The number of nitrogens with zero attached hydrogens (tertiary/aromatic N) is 4. The molecule has 0 fully saturated rings. The van der Waals surface area contributed by atoms with Gasteiger partial charge in [0.05, 0.1) is 17.6 Å². The quantitative estimate of drug-likeness (QED) is 0.743. The third-order valence-electron chi connectivity index (χ3n) is 3.76. The van der Waals surface area contributed by atoms with Gasteiger partial charge in [0.25, 0.3) is 5.56 Å². The molecule has 0 aliphatic carbocycles. The first-order valence-electron chi connectivity index (χ1n) is 7.77. The molecule has 0 atom stereocenters. The average molecular weight is 314 g/mol. The second-order valence-corrected chi connectivity index (χ2v) is 5.86. The van der Waals surface area contributed by atoms with Crippen molar-refractivity contribution >= 4 is 10.9 Å². The van der Waals surface area contributed by atoms with Crippen molar-refractivity contribution in [3.05, 3.63) is 52.3 Å². The van der Waals surface area contributed by atoms with Crippen LogP contribution in [0.25, 0.3) is 16.6 Å². The fourth-order valence-electron chi connectivity index (χ4n) is 2.66. The van der Waals surface area contributed by atoms with Gasteiger partial charge in [0.15, 0.2) is 0 Å². The first-order chi connectivity index (χ1) is 11.0. The minimum atomic E-state index is -0.321. The first-order valence-corrected chi connectivity index (χ1v) is 7.77. The third-order valence-corrected chi connectivity index (χ3v) is 3.76. The van der Waals surface area contributed by atoms with E-state index in [4.69, 9.17) is 0 Å². The topological polar surface area (TPSA) is 52.7 Å². The summed E-state index contributed by atoms with van der Waals surface area (Å²) in [6.45, 7) is 6.64. The summed E-state index contributed by atoms with van der Waals surface area (Å²) in [6.07, 6.45) is 2.49. The van der Waals surface area contributed by atoms with Crippen molar-refractivity contribution in [1.82, 2.24) is 19.6 Å². The second kappa shape index (κ2) is 5.95. The highest BCUT2D eigenvalue weighted by molar-refractivity contribution is 5.81. The number of hydrogen-bond acceptors (Lipinski definition) is 3. The molecule has 0 radical (unpaired) electrons. The van der Waals surface area contributed by atoms with Gasteiger partial charge in [-0.25, -0.2) is 13.8 Å². The normalized spacial score (nSPS) is 11.5. The molecule has 0 aliphatic heterocycles. The fraction of sp³-hybridized carbons (Fsp3) is 0.353. The Morgan fingerprint density at radius 1 is 1.22 bits per heavy atom. The molecule has 0 N–H and O–H groups in total. The van der Waals surface area contributed by atoms with E-state index in [1.54, 1.807) is 23.0 Å². The molecule has 0 bridgehead atoms. The lowest BCUT2D eigenvalue weighted by atomic mass is 10.1. The summed E-state index contributed by atoms with van der Waals surface area (Å²) >= 11 is 0. The zero-order chi connectivity index (χ0) is 16.6. The summed E-state index contributed by atoms with van der Waals surface area (Å²) in [4.78, 5) is 12.8. The Hall–Kier alpha value is -2.50. The van der Waals surface area contributed by atoms with Crippen LogP contribution in [-0.2, 0) is 6.54 Å². The lowest BCUT2D eigenvalue weighted by Crippen LogP contribution is -2.26. The van der Waals surface area contributed by atoms with E-state index in [1.165, 1.54) is 16.8 Å². The number of rotatable bonds is 4. The molecule has 23 heavy (non-hydrogen) atoms. The van der Waals surface area contributed by atoms with Crippen LogP contribution in [0, 0.1) is 5.82 Å². The van der Waals surface area contributed by atoms with E-state index < -0.39 is 0 Å². The molecule has 2 aromatic heterocycles. The smallest absolute Gasteiger partial charge is 0.265 e. The van der Waals surface area contributed by atoms with Crippen LogP contribution in [0.5, 0.6) is 0 Å². The Labute approximate surface area is 133 Å². The van der Waals surface area contributed by atoms with Crippen molar-refractivity contribution in [2.45, 2.75) is 39.7 Å². The van der Waals surface area contributed by atoms with Crippen LogP contribution >= 0.6 is 0 Å². The number of fused-ring (bicyclic) bond motifs is 1. The van der Waals surface area contributed by atoms with Gasteiger partial charge in [0.2, 0.25) is 0 Å². The molecule has 5 nitrogen and oxygen atoms in total. The molecule has 3 rings (SSSR count). The van der Waals surface area contributed by atoms with Crippen LogP contribution in [-0.4, -0.2) is 19.6 Å². The zero-order valence-corrected chi connectivity index (χ0v) is 13.5. The minimum absolute atomic E-state index is 0.173. The van der Waals surface area contributed by atoms with Gasteiger partial charge in [-0.2, -0.15) is 10.2 Å². The molecule has 2 heterocycles. The van der Waals surface area contributed by atoms with Gasteiger partial charge < -0.3 is 0 Å². The van der Waals surface area contributed by atoms with Gasteiger partial charge in [0.1, 0.15) is 11.3 Å². The molecule has 0 amide bonds. The van der Waals surface area contributed by atoms with Crippen LogP contribution in [0.2, 0.25) is 0 Å². The van der Waals surface area contributed by atoms with Crippen LogP contribution in [0.3, 0.4) is 0 Å². The predicted octanol–water partition coefficient (Wildman–Crippen LogP) is 3.25. The van der Waals surface area contributed by atoms with E-state index in [9.17, 15) is 9.18 Å². The molecule has 120 valence electrons. The first kappa shape index (κ1) is 15.4. The second-order valence-electron chi connectivity index (χ2n) is 5.86. The van der Waals surface area contributed by atoms with Crippen LogP contribution in [0.15, 0.2) is 35.3 Å². The van der Waals surface area contributed by atoms with E-state index in [-0.39, 0.29) is 17.3 Å². The standard InChI is InChI=1S/C17H19FN4O/c1-4-9-21-17(23)16-14(15(20-21)11(2)3)10-19-22(16)13-7-5-12(18)6-8-13/h5-8,10-11H,4,9H2,1-3H3. The number of benzene rings is 1. The van der Waals surface area contributed by atoms with Crippen molar-refractivity contribution in [1.29, 1.82) is 0 Å². The molecule has 0 unspecified atom stereocenters. The van der Waals surface area contributed by atoms with Crippen LogP contribution in [0.1, 0.15) is 38.8 Å². The van der Waals surface area contributed by atoms with Crippen LogP contribution in [0.4, 0.5) is 4.39 Å². The molecule has 3 aromatic rings. The van der Waals surface area contributed by atoms with Gasteiger partial charge in [-0.05, 0) is 36.6 Å². The molecule has 6 heteroatoms. The van der Waals surface area contributed by atoms with E-state index in [1.807, 2.05) is 20.8 Å². The maximum absolute atomic E-state index is 13.2. The third kappa shape index (κ3) is 2.65. The minimum Gasteiger partial charge on any atom is -0.265 e. The van der Waals surface area contributed by atoms with Crippen molar-refractivity contribution in [3.63, 3.8) is 0 Å². The summed E-state index contributed by atoms with van der Waals surface area (Å²) in [6, 6.07) is 5.94. The van der Waals surface area contributed by atoms with Crippen molar-refractivity contribution < 1.29 is 4.39 Å². The molecule has 0 saturated carbocycles. The Kier molecular flexibility index (Phi) is 3.98. The molecule has 1 aromatic carbocycles. The lowest BCUT2D eigenvalue weighted by molar-refractivity contribution is 0.553. The van der Waals surface area contributed by atoms with Crippen molar-refractivity contribution in [2.75, 3.05) is 0 Å². The molecule has 0 saturated heterocycles. The summed E-state index contributed by atoms with van der Waals surface area (Å²) in [5.74, 6) is -0.148. The summed E-state index contributed by atoms with van der Waals surface area (Å²) in [5.41, 5.74) is 1.82. The lowest BCUT2D eigenvalue weighted by Gasteiger charge is -2.11. The fourth-order valence-corrected chi connectivity index (χ4v) is 2.66. The van der Waals surface area contributed by atoms with Gasteiger partial charge >= 0.3 is 0 Å².